The van der Waals surface area contributed by atoms with Crippen molar-refractivity contribution in [2.75, 3.05) is 6.54 Å². The number of nitrogens with two attached hydrogens (primary N) is 1. The van der Waals surface area contributed by atoms with Crippen LogP contribution >= 0.6 is 0 Å². The summed E-state index contributed by atoms with van der Waals surface area (Å²) in [4.78, 5) is 10.6. The van der Waals surface area contributed by atoms with E-state index >= 15 is 0 Å². The van der Waals surface area contributed by atoms with E-state index in [1.54, 1.807) is 0 Å². The maximum absolute atomic E-state index is 10.6. The first-order valence-electron chi connectivity index (χ1n) is 6.30. The van der Waals surface area contributed by atoms with Crippen LogP contribution in [0.1, 0.15) is 44.2 Å². The summed E-state index contributed by atoms with van der Waals surface area (Å²) in [5, 5.41) is 3.51. The molecule has 0 fully saturated rings. The van der Waals surface area contributed by atoms with Crippen molar-refractivity contribution in [2.45, 2.75) is 38.6 Å². The highest BCUT2D eigenvalue weighted by molar-refractivity contribution is 5.73. The zero-order valence-electron chi connectivity index (χ0n) is 10.5. The van der Waals surface area contributed by atoms with Gasteiger partial charge < -0.3 is 11.1 Å². The second kappa shape index (κ2) is 7.85. The van der Waals surface area contributed by atoms with E-state index in [1.165, 1.54) is 5.56 Å². The third kappa shape index (κ3) is 5.50. The fourth-order valence-corrected chi connectivity index (χ4v) is 1.88. The normalized spacial score (nSPS) is 12.3. The van der Waals surface area contributed by atoms with Gasteiger partial charge in [-0.15, -0.1) is 0 Å². The van der Waals surface area contributed by atoms with E-state index < -0.39 is 0 Å². The molecular formula is C14H22N2O. The van der Waals surface area contributed by atoms with Crippen molar-refractivity contribution in [3.8, 4) is 0 Å². The van der Waals surface area contributed by atoms with Crippen molar-refractivity contribution >= 4 is 5.91 Å². The molecule has 1 unspecified atom stereocenters. The van der Waals surface area contributed by atoms with Crippen LogP contribution in [0.15, 0.2) is 30.3 Å². The van der Waals surface area contributed by atoms with Gasteiger partial charge in [0.05, 0.1) is 0 Å². The topological polar surface area (TPSA) is 55.1 Å². The van der Waals surface area contributed by atoms with E-state index in [9.17, 15) is 4.79 Å². The van der Waals surface area contributed by atoms with E-state index in [2.05, 4.69) is 36.5 Å². The molecule has 0 aliphatic rings. The van der Waals surface area contributed by atoms with Gasteiger partial charge in [0.25, 0.3) is 0 Å². The van der Waals surface area contributed by atoms with Gasteiger partial charge in [-0.1, -0.05) is 37.3 Å². The molecule has 0 aliphatic carbocycles. The van der Waals surface area contributed by atoms with Crippen LogP contribution in [0.2, 0.25) is 0 Å². The lowest BCUT2D eigenvalue weighted by atomic mass is 10.0. The molecule has 1 aromatic carbocycles. The molecule has 1 aromatic rings. The summed E-state index contributed by atoms with van der Waals surface area (Å²) in [7, 11) is 0. The van der Waals surface area contributed by atoms with Gasteiger partial charge in [-0.2, -0.15) is 0 Å². The van der Waals surface area contributed by atoms with E-state index in [0.29, 0.717) is 12.5 Å². The van der Waals surface area contributed by atoms with Gasteiger partial charge in [0.1, 0.15) is 0 Å². The molecule has 94 valence electrons. The number of nitrogens with one attached hydrogen (secondary N) is 1. The summed E-state index contributed by atoms with van der Waals surface area (Å²) < 4.78 is 0. The molecule has 0 heterocycles. The standard InChI is InChI=1S/C14H22N2O/c1-2-13(12-8-4-3-5-9-12)16-11-7-6-10-14(15)17/h3-5,8-9,13,16H,2,6-7,10-11H2,1H3,(H2,15,17). The van der Waals surface area contributed by atoms with Gasteiger partial charge >= 0.3 is 0 Å². The summed E-state index contributed by atoms with van der Waals surface area (Å²) in [6.07, 6.45) is 3.42. The number of hydrogen-bond acceptors (Lipinski definition) is 2. The Morgan fingerprint density at radius 1 is 1.29 bits per heavy atom. The number of carbonyl (C=O) groups excluding carboxylic acids is 1. The fourth-order valence-electron chi connectivity index (χ4n) is 1.88. The fraction of sp³-hybridized carbons (Fsp3) is 0.500. The molecule has 0 spiro atoms. The molecule has 0 aliphatic heterocycles. The molecular weight excluding hydrogens is 212 g/mol. The quantitative estimate of drug-likeness (QED) is 0.678. The number of carbonyl (C=O) groups is 1. The average Bonchev–Trinajstić information content (AvgIpc) is 2.34. The number of unbranched alkanes of at least 4 members (excludes halogenated alkanes) is 1. The summed E-state index contributed by atoms with van der Waals surface area (Å²) in [6, 6.07) is 10.8. The Hall–Kier alpha value is -1.35. The predicted molar refractivity (Wildman–Crippen MR) is 70.5 cm³/mol. The number of benzene rings is 1. The van der Waals surface area contributed by atoms with Crippen molar-refractivity contribution in [2.24, 2.45) is 5.73 Å². The maximum atomic E-state index is 10.6. The van der Waals surface area contributed by atoms with Gasteiger partial charge in [0.15, 0.2) is 0 Å². The summed E-state index contributed by atoms with van der Waals surface area (Å²) in [5.41, 5.74) is 6.42. The minimum atomic E-state index is -0.208. The van der Waals surface area contributed by atoms with Crippen LogP contribution in [-0.4, -0.2) is 12.5 Å². The Bertz CT molecular complexity index is 324. The van der Waals surface area contributed by atoms with Crippen molar-refractivity contribution in [3.05, 3.63) is 35.9 Å². The molecule has 0 saturated carbocycles. The molecule has 1 amide bonds. The Balaban J connectivity index is 2.26. The Kier molecular flexibility index (Phi) is 6.33. The third-order valence-electron chi connectivity index (χ3n) is 2.85. The summed E-state index contributed by atoms with van der Waals surface area (Å²) in [5.74, 6) is -0.208. The summed E-state index contributed by atoms with van der Waals surface area (Å²) >= 11 is 0. The zero-order valence-corrected chi connectivity index (χ0v) is 10.5. The number of rotatable bonds is 8. The van der Waals surface area contributed by atoms with Crippen LogP contribution in [0.25, 0.3) is 0 Å². The molecule has 0 radical (unpaired) electrons. The highest BCUT2D eigenvalue weighted by atomic mass is 16.1. The van der Waals surface area contributed by atoms with E-state index in [-0.39, 0.29) is 5.91 Å². The lowest BCUT2D eigenvalue weighted by molar-refractivity contribution is -0.118. The summed E-state index contributed by atoms with van der Waals surface area (Å²) in [6.45, 7) is 3.11. The monoisotopic (exact) mass is 234 g/mol. The molecule has 17 heavy (non-hydrogen) atoms. The van der Waals surface area contributed by atoms with Crippen LogP contribution in [0.4, 0.5) is 0 Å². The highest BCUT2D eigenvalue weighted by Gasteiger charge is 2.06. The lowest BCUT2D eigenvalue weighted by Gasteiger charge is -2.17. The number of primary amides is 1. The van der Waals surface area contributed by atoms with E-state index in [0.717, 1.165) is 25.8 Å². The second-order valence-corrected chi connectivity index (χ2v) is 4.25. The molecule has 3 nitrogen and oxygen atoms in total. The van der Waals surface area contributed by atoms with Crippen molar-refractivity contribution < 1.29 is 4.79 Å². The van der Waals surface area contributed by atoms with Crippen LogP contribution in [0.5, 0.6) is 0 Å². The molecule has 0 aromatic heterocycles. The van der Waals surface area contributed by atoms with Crippen molar-refractivity contribution in [3.63, 3.8) is 0 Å². The van der Waals surface area contributed by atoms with Crippen LogP contribution in [0.3, 0.4) is 0 Å². The second-order valence-electron chi connectivity index (χ2n) is 4.25. The van der Waals surface area contributed by atoms with Gasteiger partial charge in [-0.3, -0.25) is 4.79 Å². The zero-order chi connectivity index (χ0) is 12.5. The third-order valence-corrected chi connectivity index (χ3v) is 2.85. The molecule has 0 saturated heterocycles. The minimum absolute atomic E-state index is 0.208. The van der Waals surface area contributed by atoms with Gasteiger partial charge in [0.2, 0.25) is 5.91 Å². The first-order valence-corrected chi connectivity index (χ1v) is 6.30. The van der Waals surface area contributed by atoms with Gasteiger partial charge in [0, 0.05) is 12.5 Å². The molecule has 3 N–H and O–H groups in total. The first-order chi connectivity index (χ1) is 8.24. The number of amides is 1. The van der Waals surface area contributed by atoms with Crippen LogP contribution < -0.4 is 11.1 Å². The molecule has 0 bridgehead atoms. The van der Waals surface area contributed by atoms with Gasteiger partial charge in [-0.05, 0) is 31.4 Å². The Labute approximate surface area is 103 Å². The lowest BCUT2D eigenvalue weighted by Crippen LogP contribution is -2.22. The SMILES string of the molecule is CCC(NCCCCC(N)=O)c1ccccc1. The predicted octanol–water partition coefficient (Wildman–Crippen LogP) is 2.38. The van der Waals surface area contributed by atoms with E-state index in [1.807, 2.05) is 6.07 Å². The maximum Gasteiger partial charge on any atom is 0.217 e. The molecule has 3 heteroatoms. The smallest absolute Gasteiger partial charge is 0.217 e. The van der Waals surface area contributed by atoms with Crippen LogP contribution in [-0.2, 0) is 4.79 Å². The van der Waals surface area contributed by atoms with Crippen molar-refractivity contribution in [1.29, 1.82) is 0 Å². The van der Waals surface area contributed by atoms with Crippen LogP contribution in [0, 0.1) is 0 Å². The first kappa shape index (κ1) is 13.7. The highest BCUT2D eigenvalue weighted by Crippen LogP contribution is 2.15. The van der Waals surface area contributed by atoms with Crippen molar-refractivity contribution in [1.82, 2.24) is 5.32 Å². The Morgan fingerprint density at radius 2 is 2.00 bits per heavy atom. The minimum Gasteiger partial charge on any atom is -0.370 e. The van der Waals surface area contributed by atoms with Gasteiger partial charge in [-0.25, -0.2) is 0 Å². The average molecular weight is 234 g/mol. The molecule has 1 atom stereocenters. The van der Waals surface area contributed by atoms with E-state index in [4.69, 9.17) is 5.73 Å². The molecule has 1 rings (SSSR count). The largest absolute Gasteiger partial charge is 0.370 e. The Morgan fingerprint density at radius 3 is 2.59 bits per heavy atom. The number of hydrogen-bond donors (Lipinski definition) is 2.